The minimum Gasteiger partial charge on any atom is -0.478 e. The van der Waals surface area contributed by atoms with Crippen molar-refractivity contribution >= 4 is 18.0 Å². The van der Waals surface area contributed by atoms with Gasteiger partial charge in [-0.05, 0) is 5.56 Å². The number of nitrogens with one attached hydrogen (secondary N) is 1. The fourth-order valence-corrected chi connectivity index (χ4v) is 1.33. The minimum absolute atomic E-state index is 0.0674. The minimum atomic E-state index is -1.43. The van der Waals surface area contributed by atoms with Crippen molar-refractivity contribution in [3.8, 4) is 0 Å². The molecule has 1 aromatic carbocycles. The standard InChI is InChI=1S/C13H15NO6/c1-9(15)20-11(12(16)17)7-14-13(18)19-8-10-5-3-2-4-6-10/h2-6,11H,7-8H2,1H3,(H,14,18)(H,16,17)/t11-/m0/s1. The quantitative estimate of drug-likeness (QED) is 0.752. The summed E-state index contributed by atoms with van der Waals surface area (Å²) in [5.41, 5.74) is 0.803. The molecule has 1 atom stereocenters. The number of esters is 1. The molecule has 0 aliphatic carbocycles. The fourth-order valence-electron chi connectivity index (χ4n) is 1.33. The van der Waals surface area contributed by atoms with E-state index in [9.17, 15) is 14.4 Å². The molecule has 0 saturated carbocycles. The van der Waals surface area contributed by atoms with E-state index in [-0.39, 0.29) is 13.2 Å². The molecule has 0 aliphatic rings. The maximum absolute atomic E-state index is 11.4. The van der Waals surface area contributed by atoms with Crippen molar-refractivity contribution in [2.24, 2.45) is 0 Å². The van der Waals surface area contributed by atoms with Gasteiger partial charge in [0.05, 0.1) is 6.54 Å². The van der Waals surface area contributed by atoms with Gasteiger partial charge in [0.2, 0.25) is 6.10 Å². The highest BCUT2D eigenvalue weighted by Crippen LogP contribution is 2.00. The number of carbonyl (C=O) groups excluding carboxylic acids is 2. The van der Waals surface area contributed by atoms with E-state index in [1.54, 1.807) is 24.3 Å². The van der Waals surface area contributed by atoms with Crippen LogP contribution >= 0.6 is 0 Å². The highest BCUT2D eigenvalue weighted by molar-refractivity contribution is 5.78. The van der Waals surface area contributed by atoms with E-state index in [0.717, 1.165) is 12.5 Å². The lowest BCUT2D eigenvalue weighted by Crippen LogP contribution is -2.39. The second-order valence-electron chi connectivity index (χ2n) is 3.88. The molecule has 0 bridgehead atoms. The lowest BCUT2D eigenvalue weighted by Gasteiger charge is -2.13. The van der Waals surface area contributed by atoms with Crippen LogP contribution in [0.15, 0.2) is 30.3 Å². The zero-order chi connectivity index (χ0) is 15.0. The first-order valence-electron chi connectivity index (χ1n) is 5.83. The first-order chi connectivity index (χ1) is 9.49. The van der Waals surface area contributed by atoms with Crippen molar-refractivity contribution in [3.05, 3.63) is 35.9 Å². The topological polar surface area (TPSA) is 102 Å². The Labute approximate surface area is 115 Å². The number of amides is 1. The van der Waals surface area contributed by atoms with Gasteiger partial charge in [-0.2, -0.15) is 0 Å². The molecule has 1 aromatic rings. The molecule has 20 heavy (non-hydrogen) atoms. The number of rotatable bonds is 6. The second-order valence-corrected chi connectivity index (χ2v) is 3.88. The Morgan fingerprint density at radius 2 is 1.90 bits per heavy atom. The van der Waals surface area contributed by atoms with E-state index in [2.05, 4.69) is 10.1 Å². The SMILES string of the molecule is CC(=O)O[C@@H](CNC(=O)OCc1ccccc1)C(=O)O. The van der Waals surface area contributed by atoms with Crippen molar-refractivity contribution in [2.75, 3.05) is 6.54 Å². The molecule has 1 amide bonds. The molecule has 0 radical (unpaired) electrons. The molecule has 108 valence electrons. The van der Waals surface area contributed by atoms with E-state index in [0.29, 0.717) is 0 Å². The van der Waals surface area contributed by atoms with E-state index in [1.807, 2.05) is 6.07 Å². The molecule has 2 N–H and O–H groups in total. The Kier molecular flexibility index (Phi) is 6.02. The summed E-state index contributed by atoms with van der Waals surface area (Å²) in [6, 6.07) is 9.01. The van der Waals surface area contributed by atoms with Crippen LogP contribution in [0.3, 0.4) is 0 Å². The zero-order valence-corrected chi connectivity index (χ0v) is 10.9. The van der Waals surface area contributed by atoms with Crippen LogP contribution in [0, 0.1) is 0 Å². The lowest BCUT2D eigenvalue weighted by molar-refractivity contribution is -0.162. The fraction of sp³-hybridized carbons (Fsp3) is 0.308. The lowest BCUT2D eigenvalue weighted by atomic mass is 10.2. The molecule has 0 saturated heterocycles. The number of alkyl carbamates (subject to hydrolysis) is 1. The van der Waals surface area contributed by atoms with Crippen molar-refractivity contribution < 1.29 is 29.0 Å². The Balaban J connectivity index is 2.34. The third-order valence-corrected chi connectivity index (χ3v) is 2.23. The summed E-state index contributed by atoms with van der Waals surface area (Å²) < 4.78 is 9.40. The molecule has 1 rings (SSSR count). The monoisotopic (exact) mass is 281 g/mol. The third kappa shape index (κ3) is 5.85. The summed E-state index contributed by atoms with van der Waals surface area (Å²) in [4.78, 5) is 32.8. The molecule has 0 fully saturated rings. The van der Waals surface area contributed by atoms with Crippen LogP contribution in [0.1, 0.15) is 12.5 Å². The van der Waals surface area contributed by atoms with Crippen LogP contribution in [-0.4, -0.2) is 35.8 Å². The summed E-state index contributed by atoms with van der Waals surface area (Å²) in [5, 5.41) is 11.0. The first-order valence-corrected chi connectivity index (χ1v) is 5.83. The number of aliphatic carboxylic acids is 1. The third-order valence-electron chi connectivity index (χ3n) is 2.23. The number of hydrogen-bond donors (Lipinski definition) is 2. The van der Waals surface area contributed by atoms with Gasteiger partial charge in [-0.1, -0.05) is 30.3 Å². The maximum atomic E-state index is 11.4. The average Bonchev–Trinajstić information content (AvgIpc) is 2.41. The second kappa shape index (κ2) is 7.78. The van der Waals surface area contributed by atoms with Crippen LogP contribution < -0.4 is 5.32 Å². The Hall–Kier alpha value is -2.57. The van der Waals surface area contributed by atoms with Gasteiger partial charge in [-0.15, -0.1) is 0 Å². The van der Waals surface area contributed by atoms with E-state index in [4.69, 9.17) is 9.84 Å². The van der Waals surface area contributed by atoms with Crippen LogP contribution in [-0.2, 0) is 25.7 Å². The summed E-state index contributed by atoms with van der Waals surface area (Å²) in [7, 11) is 0. The van der Waals surface area contributed by atoms with Gasteiger partial charge >= 0.3 is 18.0 Å². The molecule has 0 spiro atoms. The van der Waals surface area contributed by atoms with E-state index < -0.39 is 24.1 Å². The Morgan fingerprint density at radius 1 is 1.25 bits per heavy atom. The molecule has 7 heteroatoms. The summed E-state index contributed by atoms with van der Waals surface area (Å²) in [6.07, 6.45) is -2.22. The Morgan fingerprint density at radius 3 is 2.45 bits per heavy atom. The zero-order valence-electron chi connectivity index (χ0n) is 10.9. The van der Waals surface area contributed by atoms with E-state index >= 15 is 0 Å². The molecular formula is C13H15NO6. The normalized spacial score (nSPS) is 11.2. The predicted octanol–water partition coefficient (Wildman–Crippen LogP) is 0.929. The van der Waals surface area contributed by atoms with Gasteiger partial charge in [0, 0.05) is 6.92 Å². The van der Waals surface area contributed by atoms with Crippen LogP contribution in [0.25, 0.3) is 0 Å². The van der Waals surface area contributed by atoms with Crippen molar-refractivity contribution in [2.45, 2.75) is 19.6 Å². The van der Waals surface area contributed by atoms with E-state index in [1.165, 1.54) is 0 Å². The van der Waals surface area contributed by atoms with Crippen molar-refractivity contribution in [1.29, 1.82) is 0 Å². The molecular weight excluding hydrogens is 266 g/mol. The molecule has 0 unspecified atom stereocenters. The smallest absolute Gasteiger partial charge is 0.407 e. The van der Waals surface area contributed by atoms with Crippen molar-refractivity contribution in [3.63, 3.8) is 0 Å². The number of carboxylic acids is 1. The highest BCUT2D eigenvalue weighted by Gasteiger charge is 2.21. The first kappa shape index (κ1) is 15.5. The average molecular weight is 281 g/mol. The maximum Gasteiger partial charge on any atom is 0.407 e. The largest absolute Gasteiger partial charge is 0.478 e. The van der Waals surface area contributed by atoms with Crippen LogP contribution in [0.5, 0.6) is 0 Å². The van der Waals surface area contributed by atoms with Gasteiger partial charge < -0.3 is 19.9 Å². The van der Waals surface area contributed by atoms with Gasteiger partial charge in [-0.25, -0.2) is 9.59 Å². The molecule has 0 aromatic heterocycles. The Bertz CT molecular complexity index is 473. The number of ether oxygens (including phenoxy) is 2. The van der Waals surface area contributed by atoms with Gasteiger partial charge in [0.25, 0.3) is 0 Å². The van der Waals surface area contributed by atoms with Gasteiger partial charge in [0.1, 0.15) is 6.61 Å². The summed E-state index contributed by atoms with van der Waals surface area (Å²) in [6.45, 7) is 0.796. The van der Waals surface area contributed by atoms with Crippen LogP contribution in [0.2, 0.25) is 0 Å². The predicted molar refractivity (Wildman–Crippen MR) is 67.8 cm³/mol. The summed E-state index contributed by atoms with van der Waals surface area (Å²) in [5.74, 6) is -2.08. The molecule has 0 aliphatic heterocycles. The number of carboxylic acid groups (broad SMARTS) is 1. The van der Waals surface area contributed by atoms with Gasteiger partial charge in [0.15, 0.2) is 0 Å². The summed E-state index contributed by atoms with van der Waals surface area (Å²) >= 11 is 0. The number of benzene rings is 1. The highest BCUT2D eigenvalue weighted by atomic mass is 16.6. The molecule has 0 heterocycles. The molecule has 7 nitrogen and oxygen atoms in total. The van der Waals surface area contributed by atoms with Gasteiger partial charge in [-0.3, -0.25) is 4.79 Å². The van der Waals surface area contributed by atoms with Crippen molar-refractivity contribution in [1.82, 2.24) is 5.32 Å². The van der Waals surface area contributed by atoms with Crippen LogP contribution in [0.4, 0.5) is 4.79 Å². The number of hydrogen-bond acceptors (Lipinski definition) is 5. The number of carbonyl (C=O) groups is 3.